The molecule has 0 radical (unpaired) electrons. The van der Waals surface area contributed by atoms with Crippen molar-refractivity contribution >= 4 is 34.4 Å². The quantitative estimate of drug-likeness (QED) is 0.769. The summed E-state index contributed by atoms with van der Waals surface area (Å²) in [6.45, 7) is 0.511. The van der Waals surface area contributed by atoms with E-state index >= 15 is 0 Å². The molecule has 2 amide bonds. The second-order valence-electron chi connectivity index (χ2n) is 5.21. The van der Waals surface area contributed by atoms with Crippen molar-refractivity contribution in [2.75, 3.05) is 11.9 Å². The minimum Gasteiger partial charge on any atom is -0.337 e. The van der Waals surface area contributed by atoms with Gasteiger partial charge in [0.1, 0.15) is 5.82 Å². The van der Waals surface area contributed by atoms with E-state index < -0.39 is 0 Å². The van der Waals surface area contributed by atoms with Gasteiger partial charge in [-0.2, -0.15) is 0 Å². The monoisotopic (exact) mass is 328 g/mol. The molecular formula is C17H17ClN4O. The minimum absolute atomic E-state index is 0.244. The first-order chi connectivity index (χ1) is 11.1. The van der Waals surface area contributed by atoms with E-state index in [2.05, 4.69) is 15.6 Å². The van der Waals surface area contributed by atoms with E-state index in [9.17, 15) is 4.79 Å². The lowest BCUT2D eigenvalue weighted by Gasteiger charge is -2.08. The van der Waals surface area contributed by atoms with Crippen LogP contribution in [0.3, 0.4) is 0 Å². The number of aryl methyl sites for hydroxylation is 1. The molecule has 6 heteroatoms. The third kappa shape index (κ3) is 3.63. The van der Waals surface area contributed by atoms with Crippen molar-refractivity contribution in [1.82, 2.24) is 14.9 Å². The molecule has 0 aliphatic rings. The Bertz CT molecular complexity index is 826. The molecule has 0 bridgehead atoms. The zero-order valence-electron chi connectivity index (χ0n) is 12.7. The van der Waals surface area contributed by atoms with Crippen LogP contribution in [-0.2, 0) is 13.5 Å². The molecule has 23 heavy (non-hydrogen) atoms. The van der Waals surface area contributed by atoms with Gasteiger partial charge >= 0.3 is 6.03 Å². The summed E-state index contributed by atoms with van der Waals surface area (Å²) < 4.78 is 2.05. The van der Waals surface area contributed by atoms with E-state index in [1.165, 1.54) is 0 Å². The van der Waals surface area contributed by atoms with Crippen molar-refractivity contribution in [3.05, 3.63) is 59.4 Å². The summed E-state index contributed by atoms with van der Waals surface area (Å²) in [5.41, 5.74) is 2.76. The lowest BCUT2D eigenvalue weighted by Crippen LogP contribution is -2.30. The van der Waals surface area contributed by atoms with Gasteiger partial charge in [-0.25, -0.2) is 9.78 Å². The third-order valence-electron chi connectivity index (χ3n) is 3.62. The SMILES string of the molecule is Cn1c(CCNC(=O)Nc2ccc(Cl)cc2)nc2ccccc21. The van der Waals surface area contributed by atoms with Crippen LogP contribution < -0.4 is 10.6 Å². The summed E-state index contributed by atoms with van der Waals surface area (Å²) in [5, 5.41) is 6.23. The number of imidazole rings is 1. The zero-order valence-corrected chi connectivity index (χ0v) is 13.5. The highest BCUT2D eigenvalue weighted by Crippen LogP contribution is 2.15. The number of hydrogen-bond acceptors (Lipinski definition) is 2. The van der Waals surface area contributed by atoms with Crippen LogP contribution in [0.25, 0.3) is 11.0 Å². The lowest BCUT2D eigenvalue weighted by atomic mass is 10.3. The van der Waals surface area contributed by atoms with Crippen LogP contribution in [0.2, 0.25) is 5.02 Å². The molecule has 0 saturated heterocycles. The number of para-hydroxylation sites is 2. The Morgan fingerprint density at radius 2 is 1.91 bits per heavy atom. The van der Waals surface area contributed by atoms with Crippen LogP contribution in [0.5, 0.6) is 0 Å². The maximum Gasteiger partial charge on any atom is 0.319 e. The molecule has 1 aromatic heterocycles. The molecule has 118 valence electrons. The number of anilines is 1. The highest BCUT2D eigenvalue weighted by atomic mass is 35.5. The van der Waals surface area contributed by atoms with Crippen molar-refractivity contribution in [1.29, 1.82) is 0 Å². The number of fused-ring (bicyclic) bond motifs is 1. The Hall–Kier alpha value is -2.53. The molecule has 0 unspecified atom stereocenters. The molecule has 0 saturated carbocycles. The molecule has 0 aliphatic heterocycles. The highest BCUT2D eigenvalue weighted by Gasteiger charge is 2.07. The van der Waals surface area contributed by atoms with E-state index in [4.69, 9.17) is 11.6 Å². The molecule has 0 atom stereocenters. The van der Waals surface area contributed by atoms with E-state index in [1.54, 1.807) is 24.3 Å². The average molecular weight is 329 g/mol. The Labute approximate surface area is 139 Å². The molecule has 0 spiro atoms. The summed E-state index contributed by atoms with van der Waals surface area (Å²) >= 11 is 5.81. The number of urea groups is 1. The first kappa shape index (κ1) is 15.4. The van der Waals surface area contributed by atoms with Gasteiger partial charge in [-0.05, 0) is 36.4 Å². The fraction of sp³-hybridized carbons (Fsp3) is 0.176. The van der Waals surface area contributed by atoms with Gasteiger partial charge in [0.15, 0.2) is 0 Å². The van der Waals surface area contributed by atoms with Gasteiger partial charge in [-0.3, -0.25) is 0 Å². The van der Waals surface area contributed by atoms with Gasteiger partial charge in [-0.15, -0.1) is 0 Å². The van der Waals surface area contributed by atoms with Crippen LogP contribution >= 0.6 is 11.6 Å². The molecule has 3 rings (SSSR count). The maximum atomic E-state index is 11.9. The van der Waals surface area contributed by atoms with Crippen molar-refractivity contribution < 1.29 is 4.79 Å². The second-order valence-corrected chi connectivity index (χ2v) is 5.65. The molecule has 0 fully saturated rings. The average Bonchev–Trinajstić information content (AvgIpc) is 2.86. The van der Waals surface area contributed by atoms with E-state index in [0.29, 0.717) is 23.7 Å². The Kier molecular flexibility index (Phi) is 4.48. The fourth-order valence-corrected chi connectivity index (χ4v) is 2.54. The third-order valence-corrected chi connectivity index (χ3v) is 3.87. The molecule has 1 heterocycles. The smallest absolute Gasteiger partial charge is 0.319 e. The molecule has 3 aromatic rings. The van der Waals surface area contributed by atoms with E-state index in [0.717, 1.165) is 16.9 Å². The van der Waals surface area contributed by atoms with Crippen molar-refractivity contribution in [2.45, 2.75) is 6.42 Å². The predicted octanol–water partition coefficient (Wildman–Crippen LogP) is 3.59. The summed E-state index contributed by atoms with van der Waals surface area (Å²) in [7, 11) is 1.98. The fourth-order valence-electron chi connectivity index (χ4n) is 2.42. The van der Waals surface area contributed by atoms with Gasteiger partial charge in [0, 0.05) is 30.7 Å². The molecule has 5 nitrogen and oxygen atoms in total. The Morgan fingerprint density at radius 1 is 1.17 bits per heavy atom. The lowest BCUT2D eigenvalue weighted by molar-refractivity contribution is 0.252. The largest absolute Gasteiger partial charge is 0.337 e. The normalized spacial score (nSPS) is 10.7. The van der Waals surface area contributed by atoms with E-state index in [-0.39, 0.29) is 6.03 Å². The topological polar surface area (TPSA) is 59.0 Å². The molecule has 2 aromatic carbocycles. The summed E-state index contributed by atoms with van der Waals surface area (Å²) in [6, 6.07) is 14.7. The first-order valence-electron chi connectivity index (χ1n) is 7.34. The number of nitrogens with zero attached hydrogens (tertiary/aromatic N) is 2. The van der Waals surface area contributed by atoms with Crippen LogP contribution in [-0.4, -0.2) is 22.1 Å². The minimum atomic E-state index is -0.244. The number of benzene rings is 2. The van der Waals surface area contributed by atoms with Crippen LogP contribution in [0.1, 0.15) is 5.82 Å². The molecular weight excluding hydrogens is 312 g/mol. The van der Waals surface area contributed by atoms with Gasteiger partial charge in [-0.1, -0.05) is 23.7 Å². The Balaban J connectivity index is 1.55. The van der Waals surface area contributed by atoms with Crippen LogP contribution in [0.15, 0.2) is 48.5 Å². The van der Waals surface area contributed by atoms with Gasteiger partial charge in [0.2, 0.25) is 0 Å². The summed E-state index contributed by atoms with van der Waals surface area (Å²) in [6.07, 6.45) is 0.666. The zero-order chi connectivity index (χ0) is 16.2. The number of nitrogens with one attached hydrogen (secondary N) is 2. The molecule has 0 aliphatic carbocycles. The second kappa shape index (κ2) is 6.71. The van der Waals surface area contributed by atoms with E-state index in [1.807, 2.05) is 35.9 Å². The standard InChI is InChI=1S/C17H17ClN4O/c1-22-15-5-3-2-4-14(15)21-16(22)10-11-19-17(23)20-13-8-6-12(18)7-9-13/h2-9H,10-11H2,1H3,(H2,19,20,23). The number of carbonyl (C=O) groups excluding carboxylic acids is 1. The number of amides is 2. The molecule has 2 N–H and O–H groups in total. The summed E-state index contributed by atoms with van der Waals surface area (Å²) in [4.78, 5) is 16.4. The summed E-state index contributed by atoms with van der Waals surface area (Å²) in [5.74, 6) is 0.943. The van der Waals surface area contributed by atoms with Crippen LogP contribution in [0.4, 0.5) is 10.5 Å². The highest BCUT2D eigenvalue weighted by molar-refractivity contribution is 6.30. The van der Waals surface area contributed by atoms with Gasteiger partial charge in [0.05, 0.1) is 11.0 Å². The maximum absolute atomic E-state index is 11.9. The van der Waals surface area contributed by atoms with Crippen molar-refractivity contribution in [3.8, 4) is 0 Å². The first-order valence-corrected chi connectivity index (χ1v) is 7.72. The number of hydrogen-bond donors (Lipinski definition) is 2. The Morgan fingerprint density at radius 3 is 2.65 bits per heavy atom. The van der Waals surface area contributed by atoms with Gasteiger partial charge in [0.25, 0.3) is 0 Å². The number of aromatic nitrogens is 2. The predicted molar refractivity (Wildman–Crippen MR) is 92.9 cm³/mol. The number of rotatable bonds is 4. The van der Waals surface area contributed by atoms with Crippen molar-refractivity contribution in [2.24, 2.45) is 7.05 Å². The van der Waals surface area contributed by atoms with Crippen molar-refractivity contribution in [3.63, 3.8) is 0 Å². The van der Waals surface area contributed by atoms with Gasteiger partial charge < -0.3 is 15.2 Å². The number of carbonyl (C=O) groups is 1. The number of halogens is 1. The van der Waals surface area contributed by atoms with Crippen LogP contribution in [0, 0.1) is 0 Å².